The minimum atomic E-state index is -0.350. The fraction of sp³-hybridized carbons (Fsp3) is 0.412. The van der Waals surface area contributed by atoms with E-state index >= 15 is 0 Å². The maximum absolute atomic E-state index is 12.0. The van der Waals surface area contributed by atoms with E-state index in [2.05, 4.69) is 0 Å². The fourth-order valence-electron chi connectivity index (χ4n) is 2.16. The number of allylic oxidation sites excluding steroid dienone is 1. The molecule has 1 aromatic rings. The fourth-order valence-corrected chi connectivity index (χ4v) is 2.16. The molecule has 0 heterocycles. The number of amides is 1. The van der Waals surface area contributed by atoms with Crippen LogP contribution < -0.4 is 0 Å². The lowest BCUT2D eigenvalue weighted by molar-refractivity contribution is -0.138. The van der Waals surface area contributed by atoms with Crippen LogP contribution in [0.2, 0.25) is 0 Å². The van der Waals surface area contributed by atoms with Crippen molar-refractivity contribution in [3.63, 3.8) is 0 Å². The first-order chi connectivity index (χ1) is 10.0. The van der Waals surface area contributed by atoms with Gasteiger partial charge in [-0.2, -0.15) is 0 Å². The first kappa shape index (κ1) is 17.0. The van der Waals surface area contributed by atoms with E-state index in [0.717, 1.165) is 5.56 Å². The number of esters is 1. The Kier molecular flexibility index (Phi) is 6.66. The summed E-state index contributed by atoms with van der Waals surface area (Å²) in [6, 6.07) is 9.70. The maximum atomic E-state index is 12.0. The van der Waals surface area contributed by atoms with Crippen LogP contribution in [0.15, 0.2) is 41.6 Å². The maximum Gasteiger partial charge on any atom is 0.335 e. The minimum absolute atomic E-state index is 0.0911. The lowest BCUT2D eigenvalue weighted by Gasteiger charge is -2.24. The molecule has 0 aliphatic rings. The van der Waals surface area contributed by atoms with E-state index in [4.69, 9.17) is 4.74 Å². The van der Waals surface area contributed by atoms with E-state index in [1.165, 1.54) is 6.92 Å². The number of carbonyl (C=O) groups excluding carboxylic acids is 2. The molecule has 0 radical (unpaired) electrons. The predicted octanol–water partition coefficient (Wildman–Crippen LogP) is 3.28. The van der Waals surface area contributed by atoms with E-state index in [1.807, 2.05) is 37.3 Å². The molecule has 4 heteroatoms. The van der Waals surface area contributed by atoms with E-state index in [-0.39, 0.29) is 11.9 Å². The minimum Gasteiger partial charge on any atom is -0.463 e. The Morgan fingerprint density at radius 1 is 1.10 bits per heavy atom. The summed E-state index contributed by atoms with van der Waals surface area (Å²) in [7, 11) is 0. The van der Waals surface area contributed by atoms with Gasteiger partial charge in [0.25, 0.3) is 0 Å². The Bertz CT molecular complexity index is 520. The molecule has 4 nitrogen and oxygen atoms in total. The molecule has 0 aromatic heterocycles. The number of rotatable bonds is 6. The second-order valence-electron chi connectivity index (χ2n) is 4.73. The number of nitrogens with zero attached hydrogens (tertiary/aromatic N) is 1. The van der Waals surface area contributed by atoms with Gasteiger partial charge in [0.05, 0.1) is 18.7 Å². The SMILES string of the molecule is CCOC(=O)/C(CC)=C(/C)N(Cc1ccccc1)C(C)=O. The van der Waals surface area contributed by atoms with Crippen LogP contribution in [0.5, 0.6) is 0 Å². The summed E-state index contributed by atoms with van der Waals surface area (Å²) in [5.74, 6) is -0.441. The van der Waals surface area contributed by atoms with E-state index in [0.29, 0.717) is 30.8 Å². The summed E-state index contributed by atoms with van der Waals surface area (Å²) in [6.45, 7) is 7.73. The molecule has 21 heavy (non-hydrogen) atoms. The number of ether oxygens (including phenoxy) is 1. The smallest absolute Gasteiger partial charge is 0.335 e. The van der Waals surface area contributed by atoms with Gasteiger partial charge in [0.1, 0.15) is 0 Å². The van der Waals surface area contributed by atoms with Crippen molar-refractivity contribution in [3.05, 3.63) is 47.2 Å². The van der Waals surface area contributed by atoms with Crippen LogP contribution >= 0.6 is 0 Å². The molecule has 0 fully saturated rings. The number of hydrogen-bond acceptors (Lipinski definition) is 3. The van der Waals surface area contributed by atoms with Crippen molar-refractivity contribution >= 4 is 11.9 Å². The van der Waals surface area contributed by atoms with Crippen molar-refractivity contribution in [1.29, 1.82) is 0 Å². The molecule has 0 saturated carbocycles. The van der Waals surface area contributed by atoms with Gasteiger partial charge in [-0.15, -0.1) is 0 Å². The van der Waals surface area contributed by atoms with Gasteiger partial charge in [-0.3, -0.25) is 4.79 Å². The average molecular weight is 289 g/mol. The van der Waals surface area contributed by atoms with Gasteiger partial charge in [0, 0.05) is 12.6 Å². The number of carbonyl (C=O) groups is 2. The zero-order valence-corrected chi connectivity index (χ0v) is 13.2. The van der Waals surface area contributed by atoms with Crippen LogP contribution in [-0.2, 0) is 20.9 Å². The van der Waals surface area contributed by atoms with Gasteiger partial charge < -0.3 is 9.64 Å². The summed E-state index contributed by atoms with van der Waals surface area (Å²) >= 11 is 0. The van der Waals surface area contributed by atoms with E-state index < -0.39 is 0 Å². The van der Waals surface area contributed by atoms with Gasteiger partial charge in [-0.25, -0.2) is 4.79 Å². The average Bonchev–Trinajstić information content (AvgIpc) is 2.46. The Labute approximate surface area is 126 Å². The van der Waals surface area contributed by atoms with Crippen LogP contribution in [0.4, 0.5) is 0 Å². The summed E-state index contributed by atoms with van der Waals surface area (Å²) in [5, 5.41) is 0. The zero-order chi connectivity index (χ0) is 15.8. The zero-order valence-electron chi connectivity index (χ0n) is 13.2. The van der Waals surface area contributed by atoms with Gasteiger partial charge in [-0.1, -0.05) is 37.3 Å². The van der Waals surface area contributed by atoms with Crippen LogP contribution in [0, 0.1) is 0 Å². The van der Waals surface area contributed by atoms with E-state index in [9.17, 15) is 9.59 Å². The third-order valence-corrected chi connectivity index (χ3v) is 3.28. The summed E-state index contributed by atoms with van der Waals surface area (Å²) in [6.07, 6.45) is 0.531. The molecule has 1 rings (SSSR count). The molecule has 1 aromatic carbocycles. The lowest BCUT2D eigenvalue weighted by Crippen LogP contribution is -2.29. The van der Waals surface area contributed by atoms with Crippen molar-refractivity contribution < 1.29 is 14.3 Å². The standard InChI is InChI=1S/C17H23NO3/c1-5-16(17(20)21-6-2)13(3)18(14(4)19)12-15-10-8-7-9-11-15/h7-11H,5-6,12H2,1-4H3/b16-13-. The number of hydrogen-bond donors (Lipinski definition) is 0. The second-order valence-corrected chi connectivity index (χ2v) is 4.73. The molecule has 0 N–H and O–H groups in total. The van der Waals surface area contributed by atoms with Crippen molar-refractivity contribution in [2.75, 3.05) is 6.61 Å². The molecule has 1 amide bonds. The summed E-state index contributed by atoms with van der Waals surface area (Å²) < 4.78 is 5.06. The monoisotopic (exact) mass is 289 g/mol. The Hall–Kier alpha value is -2.10. The highest BCUT2D eigenvalue weighted by molar-refractivity contribution is 5.90. The lowest BCUT2D eigenvalue weighted by atomic mass is 10.1. The molecule has 0 unspecified atom stereocenters. The molecule has 0 atom stereocenters. The molecule has 0 spiro atoms. The Balaban J connectivity index is 3.08. The molecule has 0 aliphatic heterocycles. The Morgan fingerprint density at radius 3 is 2.19 bits per heavy atom. The molecular weight excluding hydrogens is 266 g/mol. The van der Waals surface area contributed by atoms with Gasteiger partial charge in [0.2, 0.25) is 5.91 Å². The Morgan fingerprint density at radius 2 is 1.71 bits per heavy atom. The quantitative estimate of drug-likeness (QED) is 0.596. The summed E-state index contributed by atoms with van der Waals surface area (Å²) in [4.78, 5) is 25.5. The third-order valence-electron chi connectivity index (χ3n) is 3.28. The molecule has 0 saturated heterocycles. The summed E-state index contributed by atoms with van der Waals surface area (Å²) in [5.41, 5.74) is 2.22. The predicted molar refractivity (Wildman–Crippen MR) is 82.3 cm³/mol. The highest BCUT2D eigenvalue weighted by atomic mass is 16.5. The molecule has 0 bridgehead atoms. The van der Waals surface area contributed by atoms with Crippen LogP contribution in [0.3, 0.4) is 0 Å². The normalized spacial score (nSPS) is 11.6. The highest BCUT2D eigenvalue weighted by Crippen LogP contribution is 2.18. The van der Waals surface area contributed by atoms with Crippen molar-refractivity contribution in [2.45, 2.75) is 40.7 Å². The third kappa shape index (κ3) is 4.74. The van der Waals surface area contributed by atoms with Gasteiger partial charge >= 0.3 is 5.97 Å². The molecule has 114 valence electrons. The van der Waals surface area contributed by atoms with Crippen LogP contribution in [0.1, 0.15) is 39.7 Å². The first-order valence-corrected chi connectivity index (χ1v) is 7.20. The van der Waals surface area contributed by atoms with E-state index in [1.54, 1.807) is 18.7 Å². The van der Waals surface area contributed by atoms with Gasteiger partial charge in [-0.05, 0) is 25.8 Å². The highest BCUT2D eigenvalue weighted by Gasteiger charge is 2.19. The molecular formula is C17H23NO3. The second kappa shape index (κ2) is 8.25. The van der Waals surface area contributed by atoms with Crippen LogP contribution in [0.25, 0.3) is 0 Å². The van der Waals surface area contributed by atoms with Crippen molar-refractivity contribution in [2.24, 2.45) is 0 Å². The van der Waals surface area contributed by atoms with Crippen molar-refractivity contribution in [1.82, 2.24) is 4.90 Å². The molecule has 0 aliphatic carbocycles. The van der Waals surface area contributed by atoms with Crippen molar-refractivity contribution in [3.8, 4) is 0 Å². The number of benzene rings is 1. The van der Waals surface area contributed by atoms with Crippen LogP contribution in [-0.4, -0.2) is 23.4 Å². The van der Waals surface area contributed by atoms with Gasteiger partial charge in [0.15, 0.2) is 0 Å². The topological polar surface area (TPSA) is 46.6 Å². The first-order valence-electron chi connectivity index (χ1n) is 7.20. The largest absolute Gasteiger partial charge is 0.463 e.